The molecule has 0 aliphatic rings. The SMILES string of the molecule is C/C(=C\N(N)CCC(C)(C)OCCC(C)C)C(C)(C)CC(C)(C)C.C=CCCC. The number of hydrazine groups is 1. The molecule has 2 N–H and O–H groups in total. The van der Waals surface area contributed by atoms with Crippen molar-refractivity contribution in [1.29, 1.82) is 0 Å². The summed E-state index contributed by atoms with van der Waals surface area (Å²) in [6.45, 7) is 29.7. The van der Waals surface area contributed by atoms with Gasteiger partial charge >= 0.3 is 0 Å². The second kappa shape index (κ2) is 14.2. The molecule has 0 atom stereocenters. The molecule has 0 radical (unpaired) electrons. The van der Waals surface area contributed by atoms with E-state index in [0.717, 1.165) is 38.8 Å². The van der Waals surface area contributed by atoms with E-state index in [-0.39, 0.29) is 11.0 Å². The van der Waals surface area contributed by atoms with E-state index < -0.39 is 0 Å². The lowest BCUT2D eigenvalue weighted by Crippen LogP contribution is -2.35. The second-order valence-corrected chi connectivity index (χ2v) is 11.3. The summed E-state index contributed by atoms with van der Waals surface area (Å²) in [6, 6.07) is 0. The molecule has 0 unspecified atom stereocenters. The van der Waals surface area contributed by atoms with Crippen LogP contribution in [0.3, 0.4) is 0 Å². The first-order valence-electron chi connectivity index (χ1n) is 11.5. The summed E-state index contributed by atoms with van der Waals surface area (Å²) in [5.41, 5.74) is 1.66. The number of allylic oxidation sites excluding steroid dienone is 2. The van der Waals surface area contributed by atoms with Crippen molar-refractivity contribution >= 4 is 0 Å². The van der Waals surface area contributed by atoms with Crippen LogP contribution in [0.1, 0.15) is 108 Å². The maximum atomic E-state index is 6.22. The molecule has 0 bridgehead atoms. The molecule has 3 nitrogen and oxygen atoms in total. The van der Waals surface area contributed by atoms with Crippen LogP contribution < -0.4 is 5.84 Å². The Labute approximate surface area is 184 Å². The van der Waals surface area contributed by atoms with Gasteiger partial charge in [0, 0.05) is 19.4 Å². The molecule has 0 saturated carbocycles. The molecular formula is C26H54N2O. The Kier molecular flexibility index (Phi) is 14.9. The maximum absolute atomic E-state index is 6.22. The molecule has 174 valence electrons. The van der Waals surface area contributed by atoms with Crippen molar-refractivity contribution in [2.75, 3.05) is 13.2 Å². The molecule has 0 aromatic rings. The average Bonchev–Trinajstić information content (AvgIpc) is 2.51. The van der Waals surface area contributed by atoms with Gasteiger partial charge in [-0.15, -0.1) is 6.58 Å². The van der Waals surface area contributed by atoms with E-state index in [1.165, 1.54) is 12.0 Å². The van der Waals surface area contributed by atoms with Gasteiger partial charge in [0.05, 0.1) is 5.60 Å². The first-order chi connectivity index (χ1) is 13.1. The zero-order chi connectivity index (χ0) is 23.3. The average molecular weight is 411 g/mol. The Morgan fingerprint density at radius 3 is 2.03 bits per heavy atom. The Balaban J connectivity index is 0. The minimum Gasteiger partial charge on any atom is -0.375 e. The van der Waals surface area contributed by atoms with Gasteiger partial charge in [0.25, 0.3) is 0 Å². The highest BCUT2D eigenvalue weighted by atomic mass is 16.5. The van der Waals surface area contributed by atoms with Crippen molar-refractivity contribution in [3.05, 3.63) is 24.4 Å². The Morgan fingerprint density at radius 2 is 1.66 bits per heavy atom. The van der Waals surface area contributed by atoms with Crippen LogP contribution in [0, 0.1) is 16.7 Å². The number of rotatable bonds is 12. The fourth-order valence-electron chi connectivity index (χ4n) is 3.20. The minimum absolute atomic E-state index is 0.130. The number of hydrogen-bond acceptors (Lipinski definition) is 3. The quantitative estimate of drug-likeness (QED) is 0.203. The summed E-state index contributed by atoms with van der Waals surface area (Å²) in [4.78, 5) is 0. The summed E-state index contributed by atoms with van der Waals surface area (Å²) >= 11 is 0. The minimum atomic E-state index is -0.130. The van der Waals surface area contributed by atoms with Crippen molar-refractivity contribution in [3.8, 4) is 0 Å². The van der Waals surface area contributed by atoms with Gasteiger partial charge in [0.2, 0.25) is 0 Å². The third-order valence-corrected chi connectivity index (χ3v) is 5.05. The van der Waals surface area contributed by atoms with Crippen LogP contribution in [0.4, 0.5) is 0 Å². The number of unbranched alkanes of at least 4 members (excludes halogenated alkanes) is 1. The van der Waals surface area contributed by atoms with E-state index in [4.69, 9.17) is 10.6 Å². The van der Waals surface area contributed by atoms with Crippen molar-refractivity contribution in [2.24, 2.45) is 22.6 Å². The maximum Gasteiger partial charge on any atom is 0.0643 e. The summed E-state index contributed by atoms with van der Waals surface area (Å²) < 4.78 is 6.03. The summed E-state index contributed by atoms with van der Waals surface area (Å²) in [5, 5.41) is 1.83. The summed E-state index contributed by atoms with van der Waals surface area (Å²) in [7, 11) is 0. The molecular weight excluding hydrogens is 356 g/mol. The molecule has 3 heteroatoms. The highest BCUT2D eigenvalue weighted by Gasteiger charge is 2.27. The fourth-order valence-corrected chi connectivity index (χ4v) is 3.20. The third-order valence-electron chi connectivity index (χ3n) is 5.05. The first kappa shape index (κ1) is 30.4. The molecule has 0 aliphatic carbocycles. The van der Waals surface area contributed by atoms with Gasteiger partial charge in [0.1, 0.15) is 0 Å². The zero-order valence-electron chi connectivity index (χ0n) is 21.8. The molecule has 0 spiro atoms. The van der Waals surface area contributed by atoms with Gasteiger partial charge < -0.3 is 9.75 Å². The molecule has 0 heterocycles. The predicted octanol–water partition coefficient (Wildman–Crippen LogP) is 7.73. The highest BCUT2D eigenvalue weighted by molar-refractivity contribution is 5.09. The molecule has 29 heavy (non-hydrogen) atoms. The molecule has 0 rings (SSSR count). The van der Waals surface area contributed by atoms with Gasteiger partial charge in [-0.1, -0.05) is 73.5 Å². The van der Waals surface area contributed by atoms with E-state index in [2.05, 4.69) is 88.9 Å². The fraction of sp³-hybridized carbons (Fsp3) is 0.846. The van der Waals surface area contributed by atoms with E-state index in [1.807, 2.05) is 11.1 Å². The lowest BCUT2D eigenvalue weighted by atomic mass is 9.72. The van der Waals surface area contributed by atoms with Gasteiger partial charge in [-0.25, -0.2) is 5.84 Å². The molecule has 0 saturated heterocycles. The van der Waals surface area contributed by atoms with Gasteiger partial charge in [-0.3, -0.25) is 0 Å². The Morgan fingerprint density at radius 1 is 1.10 bits per heavy atom. The topological polar surface area (TPSA) is 38.5 Å². The molecule has 0 fully saturated rings. The monoisotopic (exact) mass is 410 g/mol. The molecule has 0 amide bonds. The zero-order valence-corrected chi connectivity index (χ0v) is 21.8. The van der Waals surface area contributed by atoms with Crippen LogP contribution in [0.2, 0.25) is 0 Å². The normalized spacial score (nSPS) is 13.2. The van der Waals surface area contributed by atoms with E-state index in [9.17, 15) is 0 Å². The summed E-state index contributed by atoms with van der Waals surface area (Å²) in [6.07, 6.45) is 9.58. The third kappa shape index (κ3) is 18.9. The van der Waals surface area contributed by atoms with Crippen LogP contribution in [-0.4, -0.2) is 23.8 Å². The van der Waals surface area contributed by atoms with Gasteiger partial charge in [-0.2, -0.15) is 0 Å². The van der Waals surface area contributed by atoms with E-state index in [0.29, 0.717) is 11.3 Å². The number of ether oxygens (including phenoxy) is 1. The molecule has 0 aromatic carbocycles. The Bertz CT molecular complexity index is 456. The Hall–Kier alpha value is -0.800. The standard InChI is InChI=1S/C21H44N2O.C5H10/c1-17(2)11-14-24-21(9,10)12-13-23(22)15-18(3)20(7,8)16-19(4,5)6;1-3-5-4-2/h15,17H,11-14,16,22H2,1-10H3;3H,1,4-5H2,2H3/b18-15+;. The first-order valence-corrected chi connectivity index (χ1v) is 11.5. The summed E-state index contributed by atoms with van der Waals surface area (Å²) in [5.74, 6) is 6.90. The number of nitrogens with zero attached hydrogens (tertiary/aromatic N) is 1. The number of hydrogen-bond donors (Lipinski definition) is 1. The second-order valence-electron chi connectivity index (χ2n) is 11.3. The van der Waals surface area contributed by atoms with E-state index >= 15 is 0 Å². The van der Waals surface area contributed by atoms with Crippen molar-refractivity contribution in [1.82, 2.24) is 5.01 Å². The smallest absolute Gasteiger partial charge is 0.0643 e. The number of nitrogens with two attached hydrogens (primary N) is 1. The lowest BCUT2D eigenvalue weighted by Gasteiger charge is -2.34. The van der Waals surface area contributed by atoms with Crippen LogP contribution in [0.25, 0.3) is 0 Å². The van der Waals surface area contributed by atoms with Crippen LogP contribution in [0.15, 0.2) is 24.4 Å². The molecule has 0 aromatic heterocycles. The van der Waals surface area contributed by atoms with Crippen LogP contribution in [-0.2, 0) is 4.74 Å². The van der Waals surface area contributed by atoms with Crippen molar-refractivity contribution in [3.63, 3.8) is 0 Å². The predicted molar refractivity (Wildman–Crippen MR) is 132 cm³/mol. The lowest BCUT2D eigenvalue weighted by molar-refractivity contribution is -0.0312. The largest absolute Gasteiger partial charge is 0.375 e. The van der Waals surface area contributed by atoms with Crippen molar-refractivity contribution in [2.45, 2.75) is 114 Å². The van der Waals surface area contributed by atoms with Crippen molar-refractivity contribution < 1.29 is 4.74 Å². The molecule has 0 aliphatic heterocycles. The van der Waals surface area contributed by atoms with E-state index in [1.54, 1.807) is 0 Å². The van der Waals surface area contributed by atoms with Crippen LogP contribution in [0.5, 0.6) is 0 Å². The van der Waals surface area contributed by atoms with Crippen LogP contribution >= 0.6 is 0 Å². The van der Waals surface area contributed by atoms with Gasteiger partial charge in [-0.05, 0) is 63.2 Å². The van der Waals surface area contributed by atoms with Gasteiger partial charge in [0.15, 0.2) is 0 Å². The highest BCUT2D eigenvalue weighted by Crippen LogP contribution is 2.38.